The fourth-order valence-electron chi connectivity index (χ4n) is 4.90. The van der Waals surface area contributed by atoms with Crippen molar-refractivity contribution in [3.05, 3.63) is 76.6 Å². The molecule has 0 bridgehead atoms. The number of nitrogens with one attached hydrogen (secondary N) is 1. The summed E-state index contributed by atoms with van der Waals surface area (Å²) >= 11 is 0. The lowest BCUT2D eigenvalue weighted by Gasteiger charge is -2.36. The maximum absolute atomic E-state index is 15.3. The first-order valence-corrected chi connectivity index (χ1v) is 12.6. The maximum Gasteiger partial charge on any atom is 0.326 e. The molecule has 1 aliphatic carbocycles. The minimum atomic E-state index is -0.620. The molecule has 8 nitrogen and oxygen atoms in total. The van der Waals surface area contributed by atoms with Gasteiger partial charge in [0.05, 0.1) is 18.4 Å². The molecule has 0 amide bonds. The molecule has 2 aromatic heterocycles. The van der Waals surface area contributed by atoms with Crippen LogP contribution in [-0.4, -0.2) is 53.5 Å². The molecule has 1 fully saturated rings. The van der Waals surface area contributed by atoms with Crippen molar-refractivity contribution < 1.29 is 13.5 Å². The Morgan fingerprint density at radius 3 is 2.53 bits per heavy atom. The summed E-state index contributed by atoms with van der Waals surface area (Å²) < 4.78 is 35.8. The van der Waals surface area contributed by atoms with E-state index in [1.54, 1.807) is 12.3 Å². The van der Waals surface area contributed by atoms with Gasteiger partial charge in [0.15, 0.2) is 11.6 Å². The Hall–Kier alpha value is -4.34. The summed E-state index contributed by atoms with van der Waals surface area (Å²) in [5.41, 5.74) is 3.66. The van der Waals surface area contributed by atoms with E-state index in [0.29, 0.717) is 49.1 Å². The zero-order valence-corrected chi connectivity index (χ0v) is 21.2. The molecule has 0 unspecified atom stereocenters. The zero-order valence-electron chi connectivity index (χ0n) is 21.2. The van der Waals surface area contributed by atoms with Crippen LogP contribution in [0, 0.1) is 11.6 Å². The monoisotopic (exact) mass is 515 g/mol. The fourth-order valence-corrected chi connectivity index (χ4v) is 4.90. The lowest BCUT2D eigenvalue weighted by atomic mass is 10.1. The molecule has 0 radical (unpaired) electrons. The Labute approximate surface area is 219 Å². The van der Waals surface area contributed by atoms with E-state index < -0.39 is 11.6 Å². The third-order valence-corrected chi connectivity index (χ3v) is 6.82. The van der Waals surface area contributed by atoms with Crippen LogP contribution in [0.4, 0.5) is 26.1 Å². The molecule has 38 heavy (non-hydrogen) atoms. The van der Waals surface area contributed by atoms with Gasteiger partial charge in [0.25, 0.3) is 0 Å². The molecule has 0 spiro atoms. The minimum absolute atomic E-state index is 0.0732. The van der Waals surface area contributed by atoms with Crippen LogP contribution in [0.2, 0.25) is 0 Å². The summed E-state index contributed by atoms with van der Waals surface area (Å²) in [6, 6.07) is 6.79. The Balaban J connectivity index is 1.29. The third kappa shape index (κ3) is 4.81. The minimum Gasteiger partial charge on any atom is -0.421 e. The Bertz CT molecular complexity index is 1480. The summed E-state index contributed by atoms with van der Waals surface area (Å²) in [5.74, 6) is 0.389. The summed E-state index contributed by atoms with van der Waals surface area (Å²) in [7, 11) is 0. The second-order valence-electron chi connectivity index (χ2n) is 9.73. The van der Waals surface area contributed by atoms with Gasteiger partial charge < -0.3 is 19.9 Å². The second-order valence-corrected chi connectivity index (χ2v) is 9.73. The highest BCUT2D eigenvalue weighted by molar-refractivity contribution is 6.05. The molecule has 1 saturated heterocycles. The predicted molar refractivity (Wildman–Crippen MR) is 144 cm³/mol. The first-order chi connectivity index (χ1) is 18.4. The Morgan fingerprint density at radius 1 is 0.974 bits per heavy atom. The number of anilines is 3. The smallest absolute Gasteiger partial charge is 0.326 e. The molecule has 0 saturated carbocycles. The molecule has 10 heteroatoms. The van der Waals surface area contributed by atoms with Gasteiger partial charge in [0.2, 0.25) is 0 Å². The number of rotatable bonds is 5. The largest absolute Gasteiger partial charge is 0.421 e. The van der Waals surface area contributed by atoms with Crippen molar-refractivity contribution >= 4 is 29.2 Å². The van der Waals surface area contributed by atoms with Gasteiger partial charge in [-0.1, -0.05) is 11.6 Å². The molecule has 1 aromatic carbocycles. The van der Waals surface area contributed by atoms with Crippen LogP contribution in [0.15, 0.2) is 58.9 Å². The summed E-state index contributed by atoms with van der Waals surface area (Å²) in [4.78, 5) is 22.1. The van der Waals surface area contributed by atoms with Crippen LogP contribution in [0.5, 0.6) is 11.8 Å². The second kappa shape index (κ2) is 9.85. The number of hydrogen-bond acceptors (Lipinski definition) is 8. The molecular formula is C28H27F2N7O. The van der Waals surface area contributed by atoms with E-state index in [9.17, 15) is 4.39 Å². The summed E-state index contributed by atoms with van der Waals surface area (Å²) in [6.07, 6.45) is 7.60. The van der Waals surface area contributed by atoms with Gasteiger partial charge in [-0.3, -0.25) is 9.98 Å². The van der Waals surface area contributed by atoms with E-state index in [4.69, 9.17) is 4.74 Å². The number of allylic oxidation sites excluding steroid dienone is 1. The number of nitrogens with zero attached hydrogens (tertiary/aromatic N) is 6. The van der Waals surface area contributed by atoms with Gasteiger partial charge >= 0.3 is 6.01 Å². The SMILES string of the molecule is CC1=CC(Nc2cc(N3CCN(c4cccnc4)CC3)nc(Oc3cc(F)c4c(c3F)C=C(C)C4)n2)=NC1. The Kier molecular flexibility index (Phi) is 6.22. The van der Waals surface area contributed by atoms with Gasteiger partial charge in [-0.25, -0.2) is 8.78 Å². The van der Waals surface area contributed by atoms with Crippen molar-refractivity contribution in [2.45, 2.75) is 20.3 Å². The van der Waals surface area contributed by atoms with Crippen molar-refractivity contribution in [2.75, 3.05) is 47.8 Å². The highest BCUT2D eigenvalue weighted by Crippen LogP contribution is 2.36. The number of hydrogen-bond donors (Lipinski definition) is 1. The molecule has 6 rings (SSSR count). The van der Waals surface area contributed by atoms with E-state index >= 15 is 4.39 Å². The van der Waals surface area contributed by atoms with Gasteiger partial charge in [-0.05, 0) is 44.1 Å². The average molecular weight is 516 g/mol. The van der Waals surface area contributed by atoms with Gasteiger partial charge in [-0.2, -0.15) is 9.97 Å². The maximum atomic E-state index is 15.3. The molecule has 4 heterocycles. The van der Waals surface area contributed by atoms with Gasteiger partial charge in [0, 0.05) is 55.6 Å². The highest BCUT2D eigenvalue weighted by Gasteiger charge is 2.25. The number of halogens is 2. The summed E-state index contributed by atoms with van der Waals surface area (Å²) in [5, 5.41) is 3.20. The fraction of sp³-hybridized carbons (Fsp3) is 0.286. The van der Waals surface area contributed by atoms with Crippen LogP contribution in [0.1, 0.15) is 25.0 Å². The van der Waals surface area contributed by atoms with Gasteiger partial charge in [0.1, 0.15) is 23.3 Å². The lowest BCUT2D eigenvalue weighted by molar-refractivity contribution is 0.406. The number of pyridine rings is 1. The quantitative estimate of drug-likeness (QED) is 0.512. The van der Waals surface area contributed by atoms with E-state index in [2.05, 4.69) is 35.1 Å². The van der Waals surface area contributed by atoms with E-state index in [0.717, 1.165) is 36.0 Å². The first-order valence-electron chi connectivity index (χ1n) is 12.6. The molecular weight excluding hydrogens is 488 g/mol. The molecule has 3 aromatic rings. The van der Waals surface area contributed by atoms with Crippen molar-refractivity contribution in [1.29, 1.82) is 0 Å². The van der Waals surface area contributed by atoms with Crippen molar-refractivity contribution in [1.82, 2.24) is 15.0 Å². The van der Waals surface area contributed by atoms with Gasteiger partial charge in [-0.15, -0.1) is 0 Å². The number of aliphatic imine (C=N–C) groups is 1. The predicted octanol–water partition coefficient (Wildman–Crippen LogP) is 5.00. The zero-order chi connectivity index (χ0) is 26.2. The average Bonchev–Trinajstić information content (AvgIpc) is 3.53. The van der Waals surface area contributed by atoms with Crippen molar-refractivity contribution in [3.8, 4) is 11.8 Å². The summed E-state index contributed by atoms with van der Waals surface area (Å²) in [6.45, 7) is 7.43. The third-order valence-electron chi connectivity index (χ3n) is 6.82. The molecule has 2 aliphatic heterocycles. The topological polar surface area (TPSA) is 78.8 Å². The van der Waals surface area contributed by atoms with Crippen molar-refractivity contribution in [2.24, 2.45) is 4.99 Å². The van der Waals surface area contributed by atoms with Crippen LogP contribution < -0.4 is 19.9 Å². The molecule has 3 aliphatic rings. The number of piperazine rings is 1. The van der Waals surface area contributed by atoms with E-state index in [1.165, 1.54) is 0 Å². The van der Waals surface area contributed by atoms with E-state index in [1.807, 2.05) is 44.3 Å². The van der Waals surface area contributed by atoms with Crippen LogP contribution in [-0.2, 0) is 6.42 Å². The Morgan fingerprint density at radius 2 is 1.79 bits per heavy atom. The molecule has 1 N–H and O–H groups in total. The first kappa shape index (κ1) is 24.0. The van der Waals surface area contributed by atoms with Crippen LogP contribution in [0.25, 0.3) is 6.08 Å². The number of benzene rings is 1. The van der Waals surface area contributed by atoms with Crippen LogP contribution in [0.3, 0.4) is 0 Å². The number of aromatic nitrogens is 3. The number of fused-ring (bicyclic) bond motifs is 1. The normalized spacial score (nSPS) is 16.7. The molecule has 0 atom stereocenters. The lowest BCUT2D eigenvalue weighted by Crippen LogP contribution is -2.46. The highest BCUT2D eigenvalue weighted by atomic mass is 19.1. The standard InChI is InChI=1S/C28H27F2N7O/c1-17-10-20-21(11-17)27(30)23(13-22(20)29)38-28-34-25(33-24-12-18(2)15-32-24)14-26(35-28)37-8-6-36(7-9-37)19-4-3-5-31-16-19/h3-5,11-14,16H,6-10,15H2,1-2H3,(H,32,33,34,35). The number of ether oxygens (including phenoxy) is 1. The van der Waals surface area contributed by atoms with Crippen LogP contribution >= 0.6 is 0 Å². The number of amidine groups is 1. The van der Waals surface area contributed by atoms with E-state index in [-0.39, 0.29) is 17.3 Å². The van der Waals surface area contributed by atoms with Crippen molar-refractivity contribution in [3.63, 3.8) is 0 Å². The molecule has 194 valence electrons.